The summed E-state index contributed by atoms with van der Waals surface area (Å²) in [6.07, 6.45) is 0. The van der Waals surface area contributed by atoms with Gasteiger partial charge in [-0.05, 0) is 26.0 Å². The zero-order chi connectivity index (χ0) is 14.9. The maximum atomic E-state index is 12.1. The van der Waals surface area contributed by atoms with Crippen molar-refractivity contribution in [2.75, 3.05) is 12.4 Å². The molecule has 0 spiro atoms. The Morgan fingerprint density at radius 1 is 1.45 bits per heavy atom. The molecule has 1 aliphatic heterocycles. The number of likely N-dealkylation sites (N-methyl/N-ethyl adjacent to an activating group) is 1. The largest absolute Gasteiger partial charge is 0.352 e. The fraction of sp³-hybridized carbons (Fsp3) is 0.385. The van der Waals surface area contributed by atoms with Crippen LogP contribution in [0.15, 0.2) is 30.3 Å². The summed E-state index contributed by atoms with van der Waals surface area (Å²) in [4.78, 5) is 14.0. The lowest BCUT2D eigenvalue weighted by molar-refractivity contribution is -0.0715. The van der Waals surface area contributed by atoms with Crippen LogP contribution in [0.5, 0.6) is 0 Å². The molecule has 2 amide bonds. The maximum Gasteiger partial charge on any atom is 0.346 e. The van der Waals surface area contributed by atoms with Crippen LogP contribution in [0.25, 0.3) is 0 Å². The molecular weight excluding hydrogens is 294 g/mol. The zero-order valence-corrected chi connectivity index (χ0v) is 13.2. The van der Waals surface area contributed by atoms with Crippen molar-refractivity contribution in [1.29, 1.82) is 0 Å². The van der Waals surface area contributed by atoms with Crippen molar-refractivity contribution in [1.82, 2.24) is 9.96 Å². The third-order valence-electron chi connectivity index (χ3n) is 3.41. The summed E-state index contributed by atoms with van der Waals surface area (Å²) >= 11 is 6.52. The van der Waals surface area contributed by atoms with Crippen LogP contribution in [0, 0.1) is 0 Å². The van der Waals surface area contributed by atoms with Crippen molar-refractivity contribution < 1.29 is 10.0 Å². The number of nitrogens with one attached hydrogen (secondary N) is 1. The molecule has 1 aromatic carbocycles. The molecule has 0 aromatic heterocycles. The number of thiocarbonyl (C=S) groups is 1. The average molecular weight is 311 g/mol. The van der Waals surface area contributed by atoms with E-state index in [0.717, 1.165) is 0 Å². The number of nitrogens with zero attached hydrogens (tertiary/aromatic N) is 2. The Labute approximate surface area is 127 Å². The van der Waals surface area contributed by atoms with Gasteiger partial charge in [-0.3, -0.25) is 5.21 Å². The fourth-order valence-electron chi connectivity index (χ4n) is 1.88. The summed E-state index contributed by atoms with van der Waals surface area (Å²) in [5.41, 5.74) is 0.193. The molecule has 1 fully saturated rings. The van der Waals surface area contributed by atoms with Gasteiger partial charge in [-0.25, -0.2) is 4.79 Å². The summed E-state index contributed by atoms with van der Waals surface area (Å²) in [6, 6.07) is 8.43. The number of hydroxylamine groups is 2. The minimum atomic E-state index is -0.570. The van der Waals surface area contributed by atoms with Crippen LogP contribution in [-0.2, 0) is 0 Å². The highest BCUT2D eigenvalue weighted by atomic mass is 32.2. The summed E-state index contributed by atoms with van der Waals surface area (Å²) in [5.74, 6) is 0. The quantitative estimate of drug-likeness (QED) is 0.499. The number of anilines is 1. The molecule has 0 radical (unpaired) electrons. The van der Waals surface area contributed by atoms with E-state index in [0.29, 0.717) is 15.1 Å². The number of para-hydroxylation sites is 1. The molecule has 0 bridgehead atoms. The lowest BCUT2D eigenvalue weighted by Crippen LogP contribution is -2.52. The van der Waals surface area contributed by atoms with Gasteiger partial charge in [0.05, 0.1) is 5.54 Å². The maximum absolute atomic E-state index is 12.1. The van der Waals surface area contributed by atoms with Gasteiger partial charge in [0.2, 0.25) is 0 Å². The third kappa shape index (κ3) is 2.74. The van der Waals surface area contributed by atoms with Crippen LogP contribution in [0.1, 0.15) is 13.8 Å². The molecule has 2 N–H and O–H groups in total. The Bertz CT molecular complexity index is 522. The molecular formula is C13H17N3O2S2. The van der Waals surface area contributed by atoms with E-state index in [4.69, 9.17) is 12.2 Å². The number of hydrogen-bond acceptors (Lipinski definition) is 4. The Kier molecular flexibility index (Phi) is 4.22. The van der Waals surface area contributed by atoms with Gasteiger partial charge in [0, 0.05) is 12.7 Å². The van der Waals surface area contributed by atoms with Gasteiger partial charge in [0.25, 0.3) is 0 Å². The fourth-order valence-corrected chi connectivity index (χ4v) is 3.61. The summed E-state index contributed by atoms with van der Waals surface area (Å²) in [7, 11) is 1.86. The van der Waals surface area contributed by atoms with Crippen LogP contribution >= 0.6 is 24.0 Å². The van der Waals surface area contributed by atoms with Gasteiger partial charge < -0.3 is 10.2 Å². The molecule has 20 heavy (non-hydrogen) atoms. The van der Waals surface area contributed by atoms with Crippen molar-refractivity contribution in [3.8, 4) is 0 Å². The normalized spacial score (nSPS) is 20.9. The van der Waals surface area contributed by atoms with Crippen molar-refractivity contribution in [3.05, 3.63) is 30.3 Å². The number of amides is 2. The molecule has 1 heterocycles. The molecule has 1 atom stereocenters. The number of carbonyl (C=O) groups excluding carboxylic acids is 1. The number of thioether (sulfide) groups is 1. The molecule has 1 aromatic rings. The standard InChI is InChI=1S/C13H17N3O2S2/c1-13(2)10(20-12(19)15(13)3)16(18)11(17)14-9-7-5-4-6-8-9/h4-8,10,18H,1-3H3,(H,14,17)/t10-/m1/s1. The van der Waals surface area contributed by atoms with E-state index < -0.39 is 16.9 Å². The van der Waals surface area contributed by atoms with E-state index >= 15 is 0 Å². The molecule has 2 rings (SSSR count). The van der Waals surface area contributed by atoms with Gasteiger partial charge >= 0.3 is 6.03 Å². The molecule has 0 unspecified atom stereocenters. The van der Waals surface area contributed by atoms with Crippen molar-refractivity contribution >= 4 is 40.0 Å². The minimum absolute atomic E-state index is 0.440. The highest BCUT2D eigenvalue weighted by molar-refractivity contribution is 8.23. The highest BCUT2D eigenvalue weighted by Crippen LogP contribution is 2.40. The van der Waals surface area contributed by atoms with Crippen LogP contribution in [0.3, 0.4) is 0 Å². The lowest BCUT2D eigenvalue weighted by Gasteiger charge is -2.35. The smallest absolute Gasteiger partial charge is 0.346 e. The SMILES string of the molecule is CN1C(=S)S[C@@H](N(O)C(=O)Nc2ccccc2)C1(C)C. The van der Waals surface area contributed by atoms with E-state index in [1.54, 1.807) is 12.1 Å². The van der Waals surface area contributed by atoms with Crippen molar-refractivity contribution in [3.63, 3.8) is 0 Å². The third-order valence-corrected chi connectivity index (χ3v) is 5.45. The van der Waals surface area contributed by atoms with Crippen molar-refractivity contribution in [2.45, 2.75) is 24.8 Å². The summed E-state index contributed by atoms with van der Waals surface area (Å²) < 4.78 is 0.659. The van der Waals surface area contributed by atoms with Crippen LogP contribution < -0.4 is 5.32 Å². The van der Waals surface area contributed by atoms with E-state index in [1.165, 1.54) is 11.8 Å². The van der Waals surface area contributed by atoms with Gasteiger partial charge in [-0.2, -0.15) is 5.06 Å². The Hall–Kier alpha value is -1.31. The number of benzene rings is 1. The molecule has 1 aliphatic rings. The van der Waals surface area contributed by atoms with Crippen LogP contribution in [0.2, 0.25) is 0 Å². The van der Waals surface area contributed by atoms with Crippen molar-refractivity contribution in [2.24, 2.45) is 0 Å². The Morgan fingerprint density at radius 2 is 2.05 bits per heavy atom. The minimum Gasteiger partial charge on any atom is -0.352 e. The molecule has 1 saturated heterocycles. The summed E-state index contributed by atoms with van der Waals surface area (Å²) in [6.45, 7) is 3.87. The monoisotopic (exact) mass is 311 g/mol. The second-order valence-corrected chi connectivity index (χ2v) is 6.80. The average Bonchev–Trinajstić information content (AvgIpc) is 2.62. The van der Waals surface area contributed by atoms with Gasteiger partial charge in [-0.1, -0.05) is 42.2 Å². The van der Waals surface area contributed by atoms with Crippen LogP contribution in [0.4, 0.5) is 10.5 Å². The number of carbonyl (C=O) groups is 1. The van der Waals surface area contributed by atoms with E-state index in [1.807, 2.05) is 44.0 Å². The first kappa shape index (κ1) is 15.1. The van der Waals surface area contributed by atoms with Gasteiger partial charge in [0.1, 0.15) is 9.69 Å². The lowest BCUT2D eigenvalue weighted by atomic mass is 10.0. The highest BCUT2D eigenvalue weighted by Gasteiger charge is 2.47. The molecule has 7 heteroatoms. The first-order valence-corrected chi connectivity index (χ1v) is 7.41. The number of hydrogen-bond donors (Lipinski definition) is 2. The number of rotatable bonds is 2. The number of urea groups is 1. The zero-order valence-electron chi connectivity index (χ0n) is 11.5. The topological polar surface area (TPSA) is 55.8 Å². The van der Waals surface area contributed by atoms with E-state index in [-0.39, 0.29) is 0 Å². The Balaban J connectivity index is 2.10. The van der Waals surface area contributed by atoms with E-state index in [2.05, 4.69) is 5.32 Å². The van der Waals surface area contributed by atoms with Crippen LogP contribution in [-0.4, -0.2) is 43.5 Å². The summed E-state index contributed by atoms with van der Waals surface area (Å²) in [5, 5.41) is 13.1. The molecule has 0 saturated carbocycles. The van der Waals surface area contributed by atoms with Gasteiger partial charge in [-0.15, -0.1) is 0 Å². The molecule has 108 valence electrons. The van der Waals surface area contributed by atoms with E-state index in [9.17, 15) is 10.0 Å². The predicted molar refractivity (Wildman–Crippen MR) is 84.9 cm³/mol. The second kappa shape index (κ2) is 5.59. The van der Waals surface area contributed by atoms with Gasteiger partial charge in [0.15, 0.2) is 0 Å². The first-order valence-electron chi connectivity index (χ1n) is 6.12. The first-order chi connectivity index (χ1) is 9.34. The molecule has 5 nitrogen and oxygen atoms in total. The second-order valence-electron chi connectivity index (χ2n) is 5.09. The predicted octanol–water partition coefficient (Wildman–Crippen LogP) is 2.98. The Morgan fingerprint density at radius 3 is 2.55 bits per heavy atom. The molecule has 0 aliphatic carbocycles.